The third-order valence-corrected chi connectivity index (χ3v) is 5.12. The molecule has 3 aromatic carbocycles. The van der Waals surface area contributed by atoms with E-state index in [1.54, 1.807) is 48.5 Å². The largest absolute Gasteiger partial charge is 0.478 e. The number of carbonyl (C=O) groups is 3. The predicted octanol–water partition coefficient (Wildman–Crippen LogP) is 3.14. The number of para-hydroxylation sites is 1. The van der Waals surface area contributed by atoms with Gasteiger partial charge in [0.05, 0.1) is 0 Å². The molecule has 0 aliphatic rings. The van der Waals surface area contributed by atoms with Crippen molar-refractivity contribution in [2.24, 2.45) is 11.5 Å². The van der Waals surface area contributed by atoms with Crippen LogP contribution in [0.4, 0.5) is 0 Å². The average Bonchev–Trinajstić information content (AvgIpc) is 2.83. The fourth-order valence-corrected chi connectivity index (χ4v) is 3.32. The normalized spacial score (nSPS) is 13.0. The first-order valence-corrected chi connectivity index (χ1v) is 10.1. The van der Waals surface area contributed by atoms with Crippen LogP contribution in [-0.4, -0.2) is 34.1 Å². The first kappa shape index (κ1) is 26.2. The van der Waals surface area contributed by atoms with E-state index in [-0.39, 0.29) is 29.6 Å². The number of carboxylic acid groups (broad SMARTS) is 1. The molecule has 34 heavy (non-hydrogen) atoms. The van der Waals surface area contributed by atoms with Crippen LogP contribution in [0.25, 0.3) is 0 Å². The molecule has 8 nitrogen and oxygen atoms in total. The number of nitrogens with two attached hydrogens (primary N) is 2. The van der Waals surface area contributed by atoms with Crippen LogP contribution in [0.15, 0.2) is 84.9 Å². The molecule has 0 amide bonds. The van der Waals surface area contributed by atoms with Crippen LogP contribution >= 0.6 is 12.4 Å². The molecule has 3 rings (SSSR count). The minimum atomic E-state index is -2.86. The number of carbonyl (C=O) groups excluding carboxylic acids is 2. The van der Waals surface area contributed by atoms with Gasteiger partial charge in [0.2, 0.25) is 5.78 Å². The zero-order valence-electron chi connectivity index (χ0n) is 18.0. The Bertz CT molecular complexity index is 1170. The highest BCUT2D eigenvalue weighted by atomic mass is 35.5. The van der Waals surface area contributed by atoms with E-state index in [1.165, 1.54) is 36.4 Å². The molecule has 6 N–H and O–H groups in total. The van der Waals surface area contributed by atoms with E-state index in [0.717, 1.165) is 0 Å². The first-order valence-electron chi connectivity index (χ1n) is 10.1. The summed E-state index contributed by atoms with van der Waals surface area (Å²) in [7, 11) is 0. The summed E-state index contributed by atoms with van der Waals surface area (Å²) in [4.78, 5) is 39.4. The molecule has 0 aromatic heterocycles. The number of halogens is 1. The molecule has 0 fully saturated rings. The average molecular weight is 482 g/mol. The summed E-state index contributed by atoms with van der Waals surface area (Å²) in [5.74, 6) is -3.98. The molecule has 2 unspecified atom stereocenters. The quantitative estimate of drug-likeness (QED) is 0.150. The second kappa shape index (κ2) is 11.2. The predicted molar refractivity (Wildman–Crippen MR) is 129 cm³/mol. The van der Waals surface area contributed by atoms with Gasteiger partial charge >= 0.3 is 11.6 Å². The Labute approximate surface area is 202 Å². The lowest BCUT2D eigenvalue weighted by Gasteiger charge is -2.29. The fraction of sp³-hybridized carbons (Fsp3) is 0.120. The minimum absolute atomic E-state index is 0. The summed E-state index contributed by atoms with van der Waals surface area (Å²) in [6.07, 6.45) is -0.444. The zero-order valence-corrected chi connectivity index (χ0v) is 18.8. The Balaban J connectivity index is 0.00000408. The number of ketones is 2. The molecule has 9 heteroatoms. The molecule has 0 bridgehead atoms. The minimum Gasteiger partial charge on any atom is -0.478 e. The Hall–Kier alpha value is -4.01. The summed E-state index contributed by atoms with van der Waals surface area (Å²) in [5.41, 5.74) is 9.62. The number of Topliss-reactive ketones (excluding diaryl/α,β-unsaturated/α-hetero) is 2. The summed E-state index contributed by atoms with van der Waals surface area (Å²) in [6.45, 7) is 0. The number of benzene rings is 3. The molecule has 3 aromatic rings. The van der Waals surface area contributed by atoms with Gasteiger partial charge in [0.15, 0.2) is 5.78 Å². The summed E-state index contributed by atoms with van der Waals surface area (Å²) < 4.78 is 5.63. The number of aliphatic carboxylic acids is 1. The molecule has 0 aliphatic heterocycles. The van der Waals surface area contributed by atoms with Gasteiger partial charge in [0.1, 0.15) is 11.6 Å². The molecule has 0 spiro atoms. The van der Waals surface area contributed by atoms with Crippen molar-refractivity contribution in [2.45, 2.75) is 18.1 Å². The molecule has 0 saturated carbocycles. The van der Waals surface area contributed by atoms with Gasteiger partial charge in [-0.25, -0.2) is 4.79 Å². The Morgan fingerprint density at radius 2 is 1.38 bits per heavy atom. The van der Waals surface area contributed by atoms with Gasteiger partial charge in [-0.3, -0.25) is 15.0 Å². The topological polar surface area (TPSA) is 157 Å². The summed E-state index contributed by atoms with van der Waals surface area (Å²) >= 11 is 0. The maximum Gasteiger partial charge on any atom is 0.364 e. The van der Waals surface area contributed by atoms with E-state index in [9.17, 15) is 19.5 Å². The van der Waals surface area contributed by atoms with Crippen molar-refractivity contribution in [3.05, 3.63) is 102 Å². The van der Waals surface area contributed by atoms with Crippen LogP contribution in [0.5, 0.6) is 5.75 Å². The number of rotatable bonds is 10. The van der Waals surface area contributed by atoms with Crippen molar-refractivity contribution in [2.75, 3.05) is 0 Å². The van der Waals surface area contributed by atoms with Crippen LogP contribution in [0.1, 0.15) is 33.9 Å². The molecule has 0 saturated heterocycles. The van der Waals surface area contributed by atoms with E-state index < -0.39 is 35.6 Å². The molecule has 2 atom stereocenters. The van der Waals surface area contributed by atoms with Crippen LogP contribution < -0.4 is 16.2 Å². The monoisotopic (exact) mass is 481 g/mol. The first-order chi connectivity index (χ1) is 15.8. The molecule has 0 aliphatic carbocycles. The van der Waals surface area contributed by atoms with Crippen molar-refractivity contribution in [1.29, 1.82) is 5.41 Å². The van der Waals surface area contributed by atoms with E-state index >= 15 is 0 Å². The molecular weight excluding hydrogens is 458 g/mol. The zero-order chi connectivity index (χ0) is 24.0. The number of hydrogen-bond donors (Lipinski definition) is 4. The van der Waals surface area contributed by atoms with Gasteiger partial charge < -0.3 is 21.3 Å². The standard InChI is InChI=1S/C25H23N3O5.ClH/c26-20(16-7-3-1-4-8-16)15-21(29)25(24(31)32,33-19-9-5-2-6-10-19)22(30)17-11-13-18(14-12-17)23(27)28;/h1-14,20H,15,26H2,(H3,27,28)(H,31,32);1H. The van der Waals surface area contributed by atoms with Gasteiger partial charge in [-0.2, -0.15) is 0 Å². The number of carboxylic acids is 1. The van der Waals surface area contributed by atoms with Crippen molar-refractivity contribution in [1.82, 2.24) is 0 Å². The fourth-order valence-electron chi connectivity index (χ4n) is 3.32. The second-order valence-corrected chi connectivity index (χ2v) is 7.37. The van der Waals surface area contributed by atoms with Gasteiger partial charge in [-0.1, -0.05) is 72.8 Å². The van der Waals surface area contributed by atoms with Crippen molar-refractivity contribution in [3.8, 4) is 5.75 Å². The summed E-state index contributed by atoms with van der Waals surface area (Å²) in [6, 6.07) is 21.0. The van der Waals surface area contributed by atoms with Gasteiger partial charge in [0.25, 0.3) is 0 Å². The van der Waals surface area contributed by atoms with Crippen molar-refractivity contribution >= 4 is 35.8 Å². The van der Waals surface area contributed by atoms with Crippen molar-refractivity contribution in [3.63, 3.8) is 0 Å². The highest BCUT2D eigenvalue weighted by Gasteiger charge is 2.56. The Kier molecular flexibility index (Phi) is 8.66. The third-order valence-electron chi connectivity index (χ3n) is 5.12. The van der Waals surface area contributed by atoms with Gasteiger partial charge in [-0.15, -0.1) is 12.4 Å². The maximum atomic E-state index is 13.5. The van der Waals surface area contributed by atoms with Crippen molar-refractivity contribution < 1.29 is 24.2 Å². The Morgan fingerprint density at radius 3 is 1.88 bits per heavy atom. The smallest absolute Gasteiger partial charge is 0.364 e. The molecule has 0 radical (unpaired) electrons. The number of amidine groups is 1. The van der Waals surface area contributed by atoms with Gasteiger partial charge in [-0.05, 0) is 17.7 Å². The molecule has 0 heterocycles. The van der Waals surface area contributed by atoms with E-state index in [2.05, 4.69) is 0 Å². The number of nitrogen functional groups attached to an aromatic ring is 1. The van der Waals surface area contributed by atoms with Crippen LogP contribution in [0.3, 0.4) is 0 Å². The third kappa shape index (κ3) is 5.48. The van der Waals surface area contributed by atoms with E-state index in [1.807, 2.05) is 0 Å². The Morgan fingerprint density at radius 1 is 0.882 bits per heavy atom. The summed E-state index contributed by atoms with van der Waals surface area (Å²) in [5, 5.41) is 17.6. The lowest BCUT2D eigenvalue weighted by Crippen LogP contribution is -2.58. The highest BCUT2D eigenvalue weighted by molar-refractivity contribution is 6.30. The highest BCUT2D eigenvalue weighted by Crippen LogP contribution is 2.28. The number of hydrogen-bond acceptors (Lipinski definition) is 6. The molecule has 176 valence electrons. The number of nitrogens with one attached hydrogen (secondary N) is 1. The lowest BCUT2D eigenvalue weighted by molar-refractivity contribution is -0.157. The number of ether oxygens (including phenoxy) is 1. The van der Waals surface area contributed by atoms with E-state index in [0.29, 0.717) is 11.1 Å². The van der Waals surface area contributed by atoms with Crippen LogP contribution in [0, 0.1) is 5.41 Å². The SMILES string of the molecule is Cl.N=C(N)c1ccc(C(=O)C(Oc2ccccc2)(C(=O)O)C(=O)CC(N)c2ccccc2)cc1. The molecular formula is C25H24ClN3O5. The maximum absolute atomic E-state index is 13.5. The van der Waals surface area contributed by atoms with Gasteiger partial charge in [0, 0.05) is 23.6 Å². The van der Waals surface area contributed by atoms with E-state index in [4.69, 9.17) is 21.6 Å². The second-order valence-electron chi connectivity index (χ2n) is 7.37. The van der Waals surface area contributed by atoms with Crippen LogP contribution in [0.2, 0.25) is 0 Å². The lowest BCUT2D eigenvalue weighted by atomic mass is 9.84. The van der Waals surface area contributed by atoms with Crippen LogP contribution in [-0.2, 0) is 9.59 Å².